The summed E-state index contributed by atoms with van der Waals surface area (Å²) in [6, 6.07) is 0. The number of carboxylic acids is 1. The molecular formula is C9H14N2O3. The quantitative estimate of drug-likeness (QED) is 0.790. The standard InChI is InChI=1S/C9H14N2O3/c1-6(2)5-11-8(14-3)7(4-10-11)9(12)13/h4,6H,5H2,1-3H3,(H,12,13). The van der Waals surface area contributed by atoms with Gasteiger partial charge in [0.1, 0.15) is 5.56 Å². The van der Waals surface area contributed by atoms with Crippen LogP contribution in [0.5, 0.6) is 5.88 Å². The van der Waals surface area contributed by atoms with E-state index in [1.165, 1.54) is 13.3 Å². The number of hydrogen-bond donors (Lipinski definition) is 1. The molecule has 1 rings (SSSR count). The molecule has 0 atom stereocenters. The van der Waals surface area contributed by atoms with Gasteiger partial charge < -0.3 is 9.84 Å². The number of aromatic nitrogens is 2. The van der Waals surface area contributed by atoms with E-state index in [0.717, 1.165) is 0 Å². The van der Waals surface area contributed by atoms with E-state index >= 15 is 0 Å². The van der Waals surface area contributed by atoms with Crippen molar-refractivity contribution >= 4 is 5.97 Å². The zero-order valence-corrected chi connectivity index (χ0v) is 8.52. The number of aromatic carboxylic acids is 1. The average molecular weight is 198 g/mol. The fraction of sp³-hybridized carbons (Fsp3) is 0.556. The number of methoxy groups -OCH3 is 1. The maximum Gasteiger partial charge on any atom is 0.342 e. The van der Waals surface area contributed by atoms with Crippen LogP contribution in [-0.2, 0) is 6.54 Å². The summed E-state index contributed by atoms with van der Waals surface area (Å²) in [7, 11) is 1.44. The molecule has 5 nitrogen and oxygen atoms in total. The Balaban J connectivity index is 3.01. The Hall–Kier alpha value is -1.52. The van der Waals surface area contributed by atoms with Gasteiger partial charge in [-0.2, -0.15) is 5.10 Å². The van der Waals surface area contributed by atoms with E-state index < -0.39 is 5.97 Å². The lowest BCUT2D eigenvalue weighted by molar-refractivity contribution is 0.0692. The number of nitrogens with zero attached hydrogens (tertiary/aromatic N) is 2. The molecule has 0 unspecified atom stereocenters. The molecule has 0 spiro atoms. The van der Waals surface area contributed by atoms with E-state index in [0.29, 0.717) is 18.3 Å². The van der Waals surface area contributed by atoms with Crippen LogP contribution in [0.25, 0.3) is 0 Å². The van der Waals surface area contributed by atoms with E-state index in [1.807, 2.05) is 13.8 Å². The molecular weight excluding hydrogens is 184 g/mol. The Labute approximate surface area is 82.3 Å². The summed E-state index contributed by atoms with van der Waals surface area (Å²) >= 11 is 0. The summed E-state index contributed by atoms with van der Waals surface area (Å²) in [5.41, 5.74) is 0.105. The van der Waals surface area contributed by atoms with Crippen LogP contribution < -0.4 is 4.74 Å². The molecule has 0 aromatic carbocycles. The Morgan fingerprint density at radius 2 is 2.36 bits per heavy atom. The van der Waals surface area contributed by atoms with Crippen molar-refractivity contribution in [1.82, 2.24) is 9.78 Å². The second-order valence-corrected chi connectivity index (χ2v) is 3.45. The molecule has 0 aliphatic carbocycles. The zero-order chi connectivity index (χ0) is 10.7. The van der Waals surface area contributed by atoms with Crippen molar-refractivity contribution in [2.24, 2.45) is 5.92 Å². The molecule has 0 amide bonds. The zero-order valence-electron chi connectivity index (χ0n) is 8.52. The molecule has 5 heteroatoms. The smallest absolute Gasteiger partial charge is 0.342 e. The monoisotopic (exact) mass is 198 g/mol. The van der Waals surface area contributed by atoms with Crippen LogP contribution >= 0.6 is 0 Å². The highest BCUT2D eigenvalue weighted by Gasteiger charge is 2.17. The van der Waals surface area contributed by atoms with Gasteiger partial charge in [0, 0.05) is 6.54 Å². The van der Waals surface area contributed by atoms with Crippen LogP contribution in [0.15, 0.2) is 6.20 Å². The maximum atomic E-state index is 10.7. The first-order valence-electron chi connectivity index (χ1n) is 4.39. The van der Waals surface area contributed by atoms with Crippen LogP contribution in [0.4, 0.5) is 0 Å². The van der Waals surface area contributed by atoms with Crippen LogP contribution in [0.2, 0.25) is 0 Å². The van der Waals surface area contributed by atoms with Crippen LogP contribution in [0, 0.1) is 5.92 Å². The first-order chi connectivity index (χ1) is 6.56. The second kappa shape index (κ2) is 4.13. The molecule has 0 fully saturated rings. The van der Waals surface area contributed by atoms with Gasteiger partial charge in [0.15, 0.2) is 0 Å². The Bertz CT molecular complexity index is 331. The number of hydrogen-bond acceptors (Lipinski definition) is 3. The van der Waals surface area contributed by atoms with Gasteiger partial charge in [0.25, 0.3) is 0 Å². The third-order valence-corrected chi connectivity index (χ3v) is 1.75. The highest BCUT2D eigenvalue weighted by Crippen LogP contribution is 2.18. The molecule has 0 aliphatic heterocycles. The van der Waals surface area contributed by atoms with E-state index in [9.17, 15) is 4.79 Å². The Kier molecular flexibility index (Phi) is 3.11. The minimum absolute atomic E-state index is 0.105. The number of ether oxygens (including phenoxy) is 1. The fourth-order valence-corrected chi connectivity index (χ4v) is 1.21. The molecule has 0 saturated carbocycles. The molecule has 1 heterocycles. The third-order valence-electron chi connectivity index (χ3n) is 1.75. The highest BCUT2D eigenvalue weighted by molar-refractivity contribution is 5.89. The summed E-state index contributed by atoms with van der Waals surface area (Å²) in [6.45, 7) is 4.71. The van der Waals surface area contributed by atoms with Crippen LogP contribution in [0.1, 0.15) is 24.2 Å². The van der Waals surface area contributed by atoms with Crippen molar-refractivity contribution in [3.05, 3.63) is 11.8 Å². The molecule has 0 radical (unpaired) electrons. The van der Waals surface area contributed by atoms with Crippen LogP contribution in [-0.4, -0.2) is 28.0 Å². The lowest BCUT2D eigenvalue weighted by Crippen LogP contribution is -2.09. The van der Waals surface area contributed by atoms with Crippen molar-refractivity contribution in [1.29, 1.82) is 0 Å². The highest BCUT2D eigenvalue weighted by atomic mass is 16.5. The number of carbonyl (C=O) groups is 1. The van der Waals surface area contributed by atoms with Gasteiger partial charge in [-0.05, 0) is 5.92 Å². The molecule has 1 aromatic rings. The SMILES string of the molecule is COc1c(C(=O)O)cnn1CC(C)C. The minimum atomic E-state index is -1.02. The molecule has 0 aliphatic rings. The van der Waals surface area contributed by atoms with Gasteiger partial charge >= 0.3 is 5.97 Å². The van der Waals surface area contributed by atoms with Crippen LogP contribution in [0.3, 0.4) is 0 Å². The largest absolute Gasteiger partial charge is 0.481 e. The van der Waals surface area contributed by atoms with Gasteiger partial charge in [-0.1, -0.05) is 13.8 Å². The molecule has 1 aromatic heterocycles. The van der Waals surface area contributed by atoms with Gasteiger partial charge in [0.05, 0.1) is 13.3 Å². The van der Waals surface area contributed by atoms with Crippen molar-refractivity contribution < 1.29 is 14.6 Å². The molecule has 14 heavy (non-hydrogen) atoms. The third kappa shape index (κ3) is 2.04. The van der Waals surface area contributed by atoms with E-state index in [4.69, 9.17) is 9.84 Å². The van der Waals surface area contributed by atoms with Crippen molar-refractivity contribution in [2.75, 3.05) is 7.11 Å². The predicted molar refractivity (Wildman–Crippen MR) is 50.6 cm³/mol. The van der Waals surface area contributed by atoms with Crippen molar-refractivity contribution in [2.45, 2.75) is 20.4 Å². The lowest BCUT2D eigenvalue weighted by atomic mass is 10.2. The topological polar surface area (TPSA) is 64.3 Å². The number of carboxylic acid groups (broad SMARTS) is 1. The summed E-state index contributed by atoms with van der Waals surface area (Å²) in [6.07, 6.45) is 1.31. The fourth-order valence-electron chi connectivity index (χ4n) is 1.21. The minimum Gasteiger partial charge on any atom is -0.481 e. The first-order valence-corrected chi connectivity index (χ1v) is 4.39. The van der Waals surface area contributed by atoms with Gasteiger partial charge in [-0.25, -0.2) is 9.48 Å². The number of rotatable bonds is 4. The summed E-state index contributed by atoms with van der Waals surface area (Å²) in [5, 5.41) is 12.8. The molecule has 0 saturated heterocycles. The predicted octanol–water partition coefficient (Wildman–Crippen LogP) is 1.25. The summed E-state index contributed by atoms with van der Waals surface area (Å²) in [5.74, 6) is -0.312. The lowest BCUT2D eigenvalue weighted by Gasteiger charge is -2.08. The van der Waals surface area contributed by atoms with Gasteiger partial charge in [0.2, 0.25) is 5.88 Å². The van der Waals surface area contributed by atoms with E-state index in [-0.39, 0.29) is 5.56 Å². The van der Waals surface area contributed by atoms with Gasteiger partial charge in [-0.15, -0.1) is 0 Å². The van der Waals surface area contributed by atoms with Gasteiger partial charge in [-0.3, -0.25) is 0 Å². The summed E-state index contributed by atoms with van der Waals surface area (Å²) in [4.78, 5) is 10.7. The average Bonchev–Trinajstić information content (AvgIpc) is 2.46. The molecule has 78 valence electrons. The normalized spacial score (nSPS) is 10.6. The maximum absolute atomic E-state index is 10.7. The first kappa shape index (κ1) is 10.6. The Morgan fingerprint density at radius 1 is 1.71 bits per heavy atom. The molecule has 1 N–H and O–H groups in total. The van der Waals surface area contributed by atoms with E-state index in [1.54, 1.807) is 4.68 Å². The van der Waals surface area contributed by atoms with Crippen molar-refractivity contribution in [3.8, 4) is 5.88 Å². The second-order valence-electron chi connectivity index (χ2n) is 3.45. The molecule has 0 bridgehead atoms. The summed E-state index contributed by atoms with van der Waals surface area (Å²) < 4.78 is 6.56. The Morgan fingerprint density at radius 3 is 2.79 bits per heavy atom. The van der Waals surface area contributed by atoms with Crippen molar-refractivity contribution in [3.63, 3.8) is 0 Å². The van der Waals surface area contributed by atoms with E-state index in [2.05, 4.69) is 5.10 Å².